The highest BCUT2D eigenvalue weighted by molar-refractivity contribution is 5.92. The highest BCUT2D eigenvalue weighted by Crippen LogP contribution is 2.25. The van der Waals surface area contributed by atoms with Gasteiger partial charge in [0.25, 0.3) is 0 Å². The molecule has 0 bridgehead atoms. The number of carbonyl (C=O) groups is 4. The van der Waals surface area contributed by atoms with E-state index in [1.807, 2.05) is 6.92 Å². The third kappa shape index (κ3) is 10.7. The van der Waals surface area contributed by atoms with Crippen LogP contribution in [0.3, 0.4) is 0 Å². The van der Waals surface area contributed by atoms with Gasteiger partial charge in [-0.25, -0.2) is 4.79 Å². The molecule has 1 aromatic carbocycles. The monoisotopic (exact) mass is 493 g/mol. The molecule has 0 heterocycles. The molecule has 0 aliphatic carbocycles. The summed E-state index contributed by atoms with van der Waals surface area (Å²) in [5, 5.41) is 14.9. The number of unbranched alkanes of at least 4 members (excludes halogenated alkanes) is 1. The Morgan fingerprint density at radius 1 is 1.09 bits per heavy atom. The van der Waals surface area contributed by atoms with Gasteiger partial charge in [-0.15, -0.1) is 0 Å². The number of hydrogen-bond acceptors (Lipinski definition) is 7. The molecule has 1 rings (SSSR count). The van der Waals surface area contributed by atoms with E-state index in [4.69, 9.17) is 9.47 Å². The van der Waals surface area contributed by atoms with Crippen molar-refractivity contribution in [3.8, 4) is 5.75 Å². The summed E-state index contributed by atoms with van der Waals surface area (Å²) in [5.74, 6) is -1.39. The molecule has 10 nitrogen and oxygen atoms in total. The zero-order chi connectivity index (χ0) is 26.6. The Balaban J connectivity index is 3.18. The van der Waals surface area contributed by atoms with Crippen molar-refractivity contribution < 1.29 is 33.8 Å². The van der Waals surface area contributed by atoms with Crippen LogP contribution in [-0.4, -0.2) is 65.2 Å². The number of phenols is 1. The molecule has 2 unspecified atom stereocenters. The zero-order valence-corrected chi connectivity index (χ0v) is 21.6. The van der Waals surface area contributed by atoms with Crippen LogP contribution in [0, 0.1) is 0 Å². The summed E-state index contributed by atoms with van der Waals surface area (Å²) in [6.45, 7) is 10.9. The summed E-state index contributed by atoms with van der Waals surface area (Å²) in [7, 11) is 0. The van der Waals surface area contributed by atoms with Gasteiger partial charge in [-0.1, -0.05) is 25.5 Å². The van der Waals surface area contributed by atoms with E-state index in [2.05, 4.69) is 10.6 Å². The van der Waals surface area contributed by atoms with E-state index in [9.17, 15) is 24.3 Å². The van der Waals surface area contributed by atoms with Crippen LogP contribution in [-0.2, 0) is 23.9 Å². The second kappa shape index (κ2) is 14.2. The molecule has 0 aliphatic heterocycles. The predicted octanol–water partition coefficient (Wildman–Crippen LogP) is 3.04. The highest BCUT2D eigenvalue weighted by atomic mass is 16.6. The van der Waals surface area contributed by atoms with Crippen molar-refractivity contribution in [2.24, 2.45) is 0 Å². The molecule has 3 amide bonds. The summed E-state index contributed by atoms with van der Waals surface area (Å²) in [4.78, 5) is 52.0. The van der Waals surface area contributed by atoms with Crippen LogP contribution in [0.1, 0.15) is 72.4 Å². The minimum absolute atomic E-state index is 0.0125. The summed E-state index contributed by atoms with van der Waals surface area (Å²) in [6, 6.07) is 3.97. The summed E-state index contributed by atoms with van der Waals surface area (Å²) in [5.41, 5.74) is -0.257. The first-order valence-electron chi connectivity index (χ1n) is 11.9. The maximum atomic E-state index is 13.5. The molecular formula is C25H39N3O7. The van der Waals surface area contributed by atoms with Crippen molar-refractivity contribution in [3.05, 3.63) is 29.8 Å². The smallest absolute Gasteiger partial charge is 0.408 e. The molecule has 0 saturated carbocycles. The van der Waals surface area contributed by atoms with Crippen molar-refractivity contribution >= 4 is 23.9 Å². The molecule has 0 aliphatic rings. The first-order chi connectivity index (χ1) is 16.4. The van der Waals surface area contributed by atoms with E-state index in [-0.39, 0.29) is 31.9 Å². The van der Waals surface area contributed by atoms with Crippen LogP contribution in [0.25, 0.3) is 0 Å². The van der Waals surface area contributed by atoms with Crippen molar-refractivity contribution in [1.82, 2.24) is 15.5 Å². The number of rotatable bonds is 12. The van der Waals surface area contributed by atoms with Gasteiger partial charge in [-0.05, 0) is 58.7 Å². The maximum Gasteiger partial charge on any atom is 0.408 e. The van der Waals surface area contributed by atoms with E-state index in [0.29, 0.717) is 12.0 Å². The second-order valence-electron chi connectivity index (χ2n) is 9.09. The Kier molecular flexibility index (Phi) is 12.0. The standard InChI is InChI=1S/C25H39N3O7/c1-7-9-16-28(23(32)17(3)27-24(33)35-25(4,5)6)21(18-10-12-19(29)13-11-18)22(31)26-15-14-20(30)34-8-2/h10-13,17,21,29H,7-9,14-16H2,1-6H3,(H,26,31)(H,27,33). The van der Waals surface area contributed by atoms with Gasteiger partial charge in [0.2, 0.25) is 11.8 Å². The Labute approximate surface area is 207 Å². The minimum atomic E-state index is -1.04. The van der Waals surface area contributed by atoms with Crippen molar-refractivity contribution in [2.75, 3.05) is 19.7 Å². The van der Waals surface area contributed by atoms with E-state index in [1.165, 1.54) is 24.0 Å². The molecular weight excluding hydrogens is 454 g/mol. The number of phenolic OH excluding ortho intramolecular Hbond substituents is 1. The van der Waals surface area contributed by atoms with Gasteiger partial charge in [0.15, 0.2) is 0 Å². The molecule has 1 aromatic rings. The SMILES string of the molecule is CCCCN(C(=O)C(C)NC(=O)OC(C)(C)C)C(C(=O)NCCC(=O)OCC)c1ccc(O)cc1. The Morgan fingerprint density at radius 2 is 1.71 bits per heavy atom. The van der Waals surface area contributed by atoms with Gasteiger partial charge in [-0.2, -0.15) is 0 Å². The first-order valence-corrected chi connectivity index (χ1v) is 11.9. The van der Waals surface area contributed by atoms with Crippen molar-refractivity contribution in [3.63, 3.8) is 0 Å². The lowest BCUT2D eigenvalue weighted by atomic mass is 10.0. The lowest BCUT2D eigenvalue weighted by Crippen LogP contribution is -2.52. The van der Waals surface area contributed by atoms with E-state index in [0.717, 1.165) is 6.42 Å². The van der Waals surface area contributed by atoms with E-state index < -0.39 is 41.6 Å². The zero-order valence-electron chi connectivity index (χ0n) is 21.6. The summed E-state index contributed by atoms with van der Waals surface area (Å²) >= 11 is 0. The van der Waals surface area contributed by atoms with Crippen molar-refractivity contribution in [2.45, 2.75) is 78.5 Å². The number of alkyl carbamates (subject to hydrolysis) is 1. The number of ether oxygens (including phenoxy) is 2. The number of esters is 1. The quantitative estimate of drug-likeness (QED) is 0.381. The van der Waals surface area contributed by atoms with Crippen LogP contribution in [0.2, 0.25) is 0 Å². The van der Waals surface area contributed by atoms with Gasteiger partial charge in [0.1, 0.15) is 23.4 Å². The Bertz CT molecular complexity index is 850. The van der Waals surface area contributed by atoms with Crippen molar-refractivity contribution in [1.29, 1.82) is 0 Å². The van der Waals surface area contributed by atoms with E-state index in [1.54, 1.807) is 39.8 Å². The summed E-state index contributed by atoms with van der Waals surface area (Å²) < 4.78 is 10.1. The van der Waals surface area contributed by atoms with Gasteiger partial charge < -0.3 is 30.1 Å². The van der Waals surface area contributed by atoms with Crippen LogP contribution >= 0.6 is 0 Å². The molecule has 2 atom stereocenters. The topological polar surface area (TPSA) is 134 Å². The Hall–Kier alpha value is -3.30. The maximum absolute atomic E-state index is 13.5. The minimum Gasteiger partial charge on any atom is -0.508 e. The molecule has 0 fully saturated rings. The highest BCUT2D eigenvalue weighted by Gasteiger charge is 2.34. The number of hydrogen-bond donors (Lipinski definition) is 3. The van der Waals surface area contributed by atoms with Gasteiger partial charge >= 0.3 is 12.1 Å². The predicted molar refractivity (Wildman–Crippen MR) is 131 cm³/mol. The third-order valence-corrected chi connectivity index (χ3v) is 4.84. The molecule has 35 heavy (non-hydrogen) atoms. The van der Waals surface area contributed by atoms with Gasteiger partial charge in [0, 0.05) is 13.1 Å². The molecule has 196 valence electrons. The molecule has 0 spiro atoms. The molecule has 10 heteroatoms. The Morgan fingerprint density at radius 3 is 2.26 bits per heavy atom. The largest absolute Gasteiger partial charge is 0.508 e. The van der Waals surface area contributed by atoms with Crippen LogP contribution < -0.4 is 10.6 Å². The summed E-state index contributed by atoms with van der Waals surface area (Å²) in [6.07, 6.45) is 0.635. The van der Waals surface area contributed by atoms with Crippen LogP contribution in [0.4, 0.5) is 4.79 Å². The fourth-order valence-electron chi connectivity index (χ4n) is 3.24. The van der Waals surface area contributed by atoms with Gasteiger partial charge in [-0.3, -0.25) is 14.4 Å². The molecule has 0 radical (unpaired) electrons. The number of nitrogens with one attached hydrogen (secondary N) is 2. The van der Waals surface area contributed by atoms with Gasteiger partial charge in [0.05, 0.1) is 13.0 Å². The van der Waals surface area contributed by atoms with E-state index >= 15 is 0 Å². The lowest BCUT2D eigenvalue weighted by Gasteiger charge is -2.33. The van der Waals surface area contributed by atoms with Crippen LogP contribution in [0.5, 0.6) is 5.75 Å². The number of benzene rings is 1. The molecule has 0 aromatic heterocycles. The normalized spacial score (nSPS) is 12.7. The number of aromatic hydroxyl groups is 1. The molecule has 3 N–H and O–H groups in total. The second-order valence-corrected chi connectivity index (χ2v) is 9.09. The average molecular weight is 494 g/mol. The average Bonchev–Trinajstić information content (AvgIpc) is 2.75. The number of nitrogens with zero attached hydrogens (tertiary/aromatic N) is 1. The molecule has 0 saturated heterocycles. The van der Waals surface area contributed by atoms with Crippen LogP contribution in [0.15, 0.2) is 24.3 Å². The lowest BCUT2D eigenvalue weighted by molar-refractivity contribution is -0.144. The number of amides is 3. The first kappa shape index (κ1) is 29.7. The third-order valence-electron chi connectivity index (χ3n) is 4.84. The fraction of sp³-hybridized carbons (Fsp3) is 0.600. The number of carbonyl (C=O) groups excluding carboxylic acids is 4. The fourth-order valence-corrected chi connectivity index (χ4v) is 3.24.